The Hall–Kier alpha value is -0.0400. The SMILES string of the molecule is CC[C@@H]1CCC[C@@H](C)O1. The molecule has 1 rings (SSSR count). The van der Waals surface area contributed by atoms with E-state index in [1.165, 1.54) is 25.7 Å². The second-order valence-corrected chi connectivity index (χ2v) is 2.91. The third-order valence-corrected chi connectivity index (χ3v) is 2.02. The summed E-state index contributed by atoms with van der Waals surface area (Å²) in [5.74, 6) is 0. The lowest BCUT2D eigenvalue weighted by atomic mass is 10.0. The largest absolute Gasteiger partial charge is 0.375 e. The molecule has 1 heteroatoms. The van der Waals surface area contributed by atoms with Gasteiger partial charge in [0.25, 0.3) is 0 Å². The highest BCUT2D eigenvalue weighted by atomic mass is 16.5. The van der Waals surface area contributed by atoms with E-state index in [4.69, 9.17) is 4.74 Å². The maximum atomic E-state index is 5.64. The summed E-state index contributed by atoms with van der Waals surface area (Å²) in [6, 6.07) is 0. The minimum Gasteiger partial charge on any atom is -0.375 e. The molecule has 0 N–H and O–H groups in total. The van der Waals surface area contributed by atoms with Gasteiger partial charge in [-0.2, -0.15) is 0 Å². The zero-order valence-electron chi connectivity index (χ0n) is 6.39. The fourth-order valence-electron chi connectivity index (χ4n) is 1.40. The summed E-state index contributed by atoms with van der Waals surface area (Å²) in [4.78, 5) is 0. The van der Waals surface area contributed by atoms with Gasteiger partial charge in [0.1, 0.15) is 0 Å². The fraction of sp³-hybridized carbons (Fsp3) is 1.00. The predicted molar refractivity (Wildman–Crippen MR) is 38.5 cm³/mol. The fourth-order valence-corrected chi connectivity index (χ4v) is 1.40. The van der Waals surface area contributed by atoms with Crippen molar-refractivity contribution in [3.8, 4) is 0 Å². The zero-order chi connectivity index (χ0) is 6.69. The lowest BCUT2D eigenvalue weighted by molar-refractivity contribution is -0.0407. The Morgan fingerprint density at radius 2 is 2.22 bits per heavy atom. The van der Waals surface area contributed by atoms with Crippen molar-refractivity contribution in [2.45, 2.75) is 51.7 Å². The normalized spacial score (nSPS) is 36.7. The van der Waals surface area contributed by atoms with Crippen LogP contribution in [0.15, 0.2) is 0 Å². The number of ether oxygens (including phenoxy) is 1. The van der Waals surface area contributed by atoms with Gasteiger partial charge in [-0.1, -0.05) is 6.92 Å². The molecular weight excluding hydrogens is 112 g/mol. The first-order valence-electron chi connectivity index (χ1n) is 3.98. The van der Waals surface area contributed by atoms with Crippen LogP contribution in [0, 0.1) is 0 Å². The van der Waals surface area contributed by atoms with Crippen LogP contribution in [-0.2, 0) is 4.74 Å². The Bertz CT molecular complexity index is 80.6. The maximum Gasteiger partial charge on any atom is 0.0576 e. The molecule has 9 heavy (non-hydrogen) atoms. The van der Waals surface area contributed by atoms with Gasteiger partial charge in [-0.3, -0.25) is 0 Å². The molecule has 54 valence electrons. The molecule has 0 spiro atoms. The smallest absolute Gasteiger partial charge is 0.0576 e. The lowest BCUT2D eigenvalue weighted by Gasteiger charge is -2.26. The van der Waals surface area contributed by atoms with E-state index in [2.05, 4.69) is 13.8 Å². The molecule has 0 saturated carbocycles. The molecule has 1 nitrogen and oxygen atoms in total. The summed E-state index contributed by atoms with van der Waals surface area (Å²) in [6.45, 7) is 4.37. The number of hydrogen-bond acceptors (Lipinski definition) is 1. The first-order valence-corrected chi connectivity index (χ1v) is 3.98. The van der Waals surface area contributed by atoms with Crippen molar-refractivity contribution in [1.29, 1.82) is 0 Å². The van der Waals surface area contributed by atoms with Crippen molar-refractivity contribution in [1.82, 2.24) is 0 Å². The van der Waals surface area contributed by atoms with E-state index in [9.17, 15) is 0 Å². The average Bonchev–Trinajstić information content (AvgIpc) is 1.88. The summed E-state index contributed by atoms with van der Waals surface area (Å²) >= 11 is 0. The molecule has 1 fully saturated rings. The standard InChI is InChI=1S/C8H16O/c1-3-8-6-4-5-7(2)9-8/h7-8H,3-6H2,1-2H3/t7-,8-/m1/s1. The Labute approximate surface area is 57.4 Å². The summed E-state index contributed by atoms with van der Waals surface area (Å²) in [7, 11) is 0. The quantitative estimate of drug-likeness (QED) is 0.526. The van der Waals surface area contributed by atoms with Gasteiger partial charge in [0.15, 0.2) is 0 Å². The van der Waals surface area contributed by atoms with E-state index >= 15 is 0 Å². The molecule has 1 heterocycles. The summed E-state index contributed by atoms with van der Waals surface area (Å²) in [5.41, 5.74) is 0. The monoisotopic (exact) mass is 128 g/mol. The van der Waals surface area contributed by atoms with Crippen LogP contribution in [0.25, 0.3) is 0 Å². The van der Waals surface area contributed by atoms with Gasteiger partial charge in [0.2, 0.25) is 0 Å². The minimum absolute atomic E-state index is 0.517. The molecule has 1 aliphatic rings. The average molecular weight is 128 g/mol. The lowest BCUT2D eigenvalue weighted by Crippen LogP contribution is -2.24. The molecule has 0 unspecified atom stereocenters. The third-order valence-electron chi connectivity index (χ3n) is 2.02. The van der Waals surface area contributed by atoms with Crippen molar-refractivity contribution in [2.24, 2.45) is 0 Å². The van der Waals surface area contributed by atoms with Crippen molar-refractivity contribution in [3.63, 3.8) is 0 Å². The summed E-state index contributed by atoms with van der Waals surface area (Å²) in [6.07, 6.45) is 6.17. The second kappa shape index (κ2) is 3.21. The van der Waals surface area contributed by atoms with Gasteiger partial charge >= 0.3 is 0 Å². The van der Waals surface area contributed by atoms with Crippen molar-refractivity contribution in [2.75, 3.05) is 0 Å². The number of rotatable bonds is 1. The molecule has 1 saturated heterocycles. The van der Waals surface area contributed by atoms with Gasteiger partial charge in [0, 0.05) is 0 Å². The second-order valence-electron chi connectivity index (χ2n) is 2.91. The van der Waals surface area contributed by atoms with Gasteiger partial charge in [0.05, 0.1) is 12.2 Å². The predicted octanol–water partition coefficient (Wildman–Crippen LogP) is 2.35. The third kappa shape index (κ3) is 1.98. The molecule has 0 aromatic heterocycles. The van der Waals surface area contributed by atoms with Crippen molar-refractivity contribution >= 4 is 0 Å². The van der Waals surface area contributed by atoms with Gasteiger partial charge < -0.3 is 4.74 Å². The van der Waals surface area contributed by atoms with Crippen LogP contribution in [0.5, 0.6) is 0 Å². The Kier molecular flexibility index (Phi) is 2.52. The van der Waals surface area contributed by atoms with E-state index in [-0.39, 0.29) is 0 Å². The van der Waals surface area contributed by atoms with Crippen LogP contribution in [0.1, 0.15) is 39.5 Å². The van der Waals surface area contributed by atoms with E-state index < -0.39 is 0 Å². The highest BCUT2D eigenvalue weighted by Gasteiger charge is 2.16. The van der Waals surface area contributed by atoms with E-state index in [1.54, 1.807) is 0 Å². The van der Waals surface area contributed by atoms with Crippen LogP contribution in [0.3, 0.4) is 0 Å². The number of hydrogen-bond donors (Lipinski definition) is 0. The molecule has 0 radical (unpaired) electrons. The minimum atomic E-state index is 0.517. The summed E-state index contributed by atoms with van der Waals surface area (Å²) in [5, 5.41) is 0. The first-order chi connectivity index (χ1) is 4.33. The zero-order valence-corrected chi connectivity index (χ0v) is 6.39. The molecule has 2 atom stereocenters. The molecule has 0 bridgehead atoms. The Balaban J connectivity index is 2.23. The van der Waals surface area contributed by atoms with Crippen LogP contribution in [-0.4, -0.2) is 12.2 Å². The maximum absolute atomic E-state index is 5.64. The Morgan fingerprint density at radius 3 is 2.67 bits per heavy atom. The van der Waals surface area contributed by atoms with Crippen LogP contribution in [0.2, 0.25) is 0 Å². The molecule has 0 amide bonds. The van der Waals surface area contributed by atoms with E-state index in [1.807, 2.05) is 0 Å². The van der Waals surface area contributed by atoms with E-state index in [0.717, 1.165) is 0 Å². The van der Waals surface area contributed by atoms with Gasteiger partial charge in [-0.15, -0.1) is 0 Å². The van der Waals surface area contributed by atoms with Crippen LogP contribution < -0.4 is 0 Å². The highest BCUT2D eigenvalue weighted by Crippen LogP contribution is 2.19. The van der Waals surface area contributed by atoms with Crippen molar-refractivity contribution < 1.29 is 4.74 Å². The van der Waals surface area contributed by atoms with Gasteiger partial charge in [-0.05, 0) is 32.6 Å². The van der Waals surface area contributed by atoms with Crippen LogP contribution in [0.4, 0.5) is 0 Å². The topological polar surface area (TPSA) is 9.23 Å². The molecule has 0 aliphatic carbocycles. The van der Waals surface area contributed by atoms with Crippen LogP contribution >= 0.6 is 0 Å². The summed E-state index contributed by atoms with van der Waals surface area (Å²) < 4.78 is 5.64. The molecular formula is C8H16O. The highest BCUT2D eigenvalue weighted by molar-refractivity contribution is 4.65. The van der Waals surface area contributed by atoms with Crippen molar-refractivity contribution in [3.05, 3.63) is 0 Å². The molecule has 0 aromatic rings. The molecule has 0 aromatic carbocycles. The first kappa shape index (κ1) is 7.07. The van der Waals surface area contributed by atoms with Gasteiger partial charge in [-0.25, -0.2) is 0 Å². The van der Waals surface area contributed by atoms with E-state index in [0.29, 0.717) is 12.2 Å². The molecule has 1 aliphatic heterocycles. The Morgan fingerprint density at radius 1 is 1.44 bits per heavy atom.